The summed E-state index contributed by atoms with van der Waals surface area (Å²) in [7, 11) is 0. The predicted octanol–water partition coefficient (Wildman–Crippen LogP) is 3.24. The van der Waals surface area contributed by atoms with Crippen LogP contribution in [-0.4, -0.2) is 9.97 Å². The van der Waals surface area contributed by atoms with Crippen molar-refractivity contribution in [2.24, 2.45) is 5.73 Å². The number of rotatable bonds is 3. The highest BCUT2D eigenvalue weighted by Crippen LogP contribution is 2.28. The van der Waals surface area contributed by atoms with Crippen LogP contribution in [0.4, 0.5) is 4.39 Å². The van der Waals surface area contributed by atoms with Crippen LogP contribution in [0.5, 0.6) is 0 Å². The van der Waals surface area contributed by atoms with E-state index in [0.717, 1.165) is 36.3 Å². The molecule has 0 saturated carbocycles. The average molecular weight is 289 g/mol. The Morgan fingerprint density at radius 1 is 1.35 bits per heavy atom. The van der Waals surface area contributed by atoms with Gasteiger partial charge in [-0.1, -0.05) is 12.1 Å². The van der Waals surface area contributed by atoms with Gasteiger partial charge in [-0.05, 0) is 31.4 Å². The van der Waals surface area contributed by atoms with Crippen LogP contribution in [0.1, 0.15) is 36.0 Å². The topological polar surface area (TPSA) is 51.8 Å². The second kappa shape index (κ2) is 5.89. The number of benzene rings is 1. The Morgan fingerprint density at radius 3 is 3.05 bits per heavy atom. The van der Waals surface area contributed by atoms with Crippen molar-refractivity contribution in [3.05, 3.63) is 53.4 Å². The molecule has 2 aromatic rings. The summed E-state index contributed by atoms with van der Waals surface area (Å²) in [4.78, 5) is 9.56. The average Bonchev–Trinajstić information content (AvgIpc) is 2.46. The number of halogens is 1. The molecule has 0 saturated heterocycles. The van der Waals surface area contributed by atoms with Crippen molar-refractivity contribution in [1.82, 2.24) is 9.97 Å². The number of fused-ring (bicyclic) bond motifs is 1. The van der Waals surface area contributed by atoms with Crippen molar-refractivity contribution in [3.8, 4) is 0 Å². The van der Waals surface area contributed by atoms with Crippen LogP contribution in [-0.2, 0) is 12.2 Å². The SMILES string of the molecule is NC1CCCc2nc(CSc3ccccc3F)ncc21. The van der Waals surface area contributed by atoms with Gasteiger partial charge in [-0.25, -0.2) is 14.4 Å². The molecule has 0 spiro atoms. The molecule has 0 fully saturated rings. The Hall–Kier alpha value is -1.46. The number of aryl methyl sites for hydroxylation is 1. The summed E-state index contributed by atoms with van der Waals surface area (Å²) in [6, 6.07) is 6.82. The molecule has 3 nitrogen and oxygen atoms in total. The van der Waals surface area contributed by atoms with Crippen molar-refractivity contribution in [3.63, 3.8) is 0 Å². The lowest BCUT2D eigenvalue weighted by Gasteiger charge is -2.20. The largest absolute Gasteiger partial charge is 0.324 e. The van der Waals surface area contributed by atoms with Crippen LogP contribution in [0.15, 0.2) is 35.4 Å². The van der Waals surface area contributed by atoms with Crippen LogP contribution in [0.25, 0.3) is 0 Å². The molecule has 1 heterocycles. The van der Waals surface area contributed by atoms with Crippen LogP contribution in [0, 0.1) is 5.82 Å². The van der Waals surface area contributed by atoms with Gasteiger partial charge in [0.05, 0.1) is 5.75 Å². The zero-order chi connectivity index (χ0) is 13.9. The summed E-state index contributed by atoms with van der Waals surface area (Å²) >= 11 is 1.42. The minimum atomic E-state index is -0.197. The minimum Gasteiger partial charge on any atom is -0.324 e. The number of hydrogen-bond donors (Lipinski definition) is 1. The van der Waals surface area contributed by atoms with Gasteiger partial charge < -0.3 is 5.73 Å². The van der Waals surface area contributed by atoms with E-state index in [1.807, 2.05) is 12.3 Å². The molecule has 1 aliphatic carbocycles. The third kappa shape index (κ3) is 2.83. The Bertz CT molecular complexity index is 618. The van der Waals surface area contributed by atoms with Crippen LogP contribution < -0.4 is 5.73 Å². The summed E-state index contributed by atoms with van der Waals surface area (Å²) in [6.07, 6.45) is 4.87. The van der Waals surface area contributed by atoms with Gasteiger partial charge in [0.1, 0.15) is 11.6 Å². The number of nitrogens with two attached hydrogens (primary N) is 1. The monoisotopic (exact) mass is 289 g/mol. The van der Waals surface area contributed by atoms with Gasteiger partial charge in [0.15, 0.2) is 0 Å². The molecule has 1 aliphatic rings. The van der Waals surface area contributed by atoms with Gasteiger partial charge in [0.25, 0.3) is 0 Å². The third-order valence-electron chi connectivity index (χ3n) is 3.47. The molecule has 1 atom stereocenters. The fraction of sp³-hybridized carbons (Fsp3) is 0.333. The van der Waals surface area contributed by atoms with Crippen LogP contribution in [0.2, 0.25) is 0 Å². The van der Waals surface area contributed by atoms with Crippen LogP contribution in [0.3, 0.4) is 0 Å². The van der Waals surface area contributed by atoms with Crippen molar-refractivity contribution in [1.29, 1.82) is 0 Å². The Balaban J connectivity index is 1.74. The molecule has 0 aliphatic heterocycles. The van der Waals surface area contributed by atoms with E-state index in [4.69, 9.17) is 5.73 Å². The Labute approximate surface area is 121 Å². The predicted molar refractivity (Wildman–Crippen MR) is 77.9 cm³/mol. The molecular weight excluding hydrogens is 273 g/mol. The van der Waals surface area contributed by atoms with Gasteiger partial charge >= 0.3 is 0 Å². The van der Waals surface area contributed by atoms with E-state index in [1.54, 1.807) is 12.1 Å². The van der Waals surface area contributed by atoms with Gasteiger partial charge in [0.2, 0.25) is 0 Å². The maximum absolute atomic E-state index is 13.5. The van der Waals surface area contributed by atoms with E-state index < -0.39 is 0 Å². The van der Waals surface area contributed by atoms with E-state index in [1.165, 1.54) is 17.8 Å². The first kappa shape index (κ1) is 13.5. The van der Waals surface area contributed by atoms with Gasteiger partial charge in [-0.15, -0.1) is 11.8 Å². The normalized spacial score (nSPS) is 17.8. The minimum absolute atomic E-state index is 0.0621. The molecule has 3 rings (SSSR count). The highest BCUT2D eigenvalue weighted by Gasteiger charge is 2.18. The number of thioether (sulfide) groups is 1. The van der Waals surface area contributed by atoms with E-state index in [9.17, 15) is 4.39 Å². The van der Waals surface area contributed by atoms with Crippen LogP contribution >= 0.6 is 11.8 Å². The Morgan fingerprint density at radius 2 is 2.20 bits per heavy atom. The first-order valence-corrected chi connectivity index (χ1v) is 7.70. The first-order valence-electron chi connectivity index (χ1n) is 6.71. The quantitative estimate of drug-likeness (QED) is 0.881. The number of aromatic nitrogens is 2. The fourth-order valence-corrected chi connectivity index (χ4v) is 3.20. The van der Waals surface area contributed by atoms with Crippen molar-refractivity contribution in [2.45, 2.75) is 36.0 Å². The van der Waals surface area contributed by atoms with Crippen molar-refractivity contribution in [2.75, 3.05) is 0 Å². The molecule has 104 valence electrons. The molecule has 20 heavy (non-hydrogen) atoms. The first-order chi connectivity index (χ1) is 9.74. The van der Waals surface area contributed by atoms with Gasteiger partial charge in [-0.2, -0.15) is 0 Å². The summed E-state index contributed by atoms with van der Waals surface area (Å²) in [5, 5.41) is 0. The van der Waals surface area contributed by atoms with Crippen molar-refractivity contribution < 1.29 is 4.39 Å². The standard InChI is InChI=1S/C15H16FN3S/c16-11-4-1-2-7-14(11)20-9-15-18-8-10-12(17)5-3-6-13(10)19-15/h1-2,4,7-8,12H,3,5-6,9,17H2. The molecule has 1 aromatic carbocycles. The second-order valence-corrected chi connectivity index (χ2v) is 5.92. The zero-order valence-corrected chi connectivity index (χ0v) is 11.9. The maximum Gasteiger partial charge on any atom is 0.138 e. The number of nitrogens with zero attached hydrogens (tertiary/aromatic N) is 2. The Kier molecular flexibility index (Phi) is 3.98. The molecule has 0 bridgehead atoms. The fourth-order valence-electron chi connectivity index (χ4n) is 2.40. The smallest absolute Gasteiger partial charge is 0.138 e. The summed E-state index contributed by atoms with van der Waals surface area (Å²) in [6.45, 7) is 0. The van der Waals surface area contributed by atoms with E-state index >= 15 is 0 Å². The molecule has 0 radical (unpaired) electrons. The summed E-state index contributed by atoms with van der Waals surface area (Å²) in [5.41, 5.74) is 8.17. The molecule has 1 unspecified atom stereocenters. The van der Waals surface area contributed by atoms with Crippen molar-refractivity contribution >= 4 is 11.8 Å². The van der Waals surface area contributed by atoms with E-state index in [0.29, 0.717) is 10.6 Å². The highest BCUT2D eigenvalue weighted by molar-refractivity contribution is 7.98. The number of hydrogen-bond acceptors (Lipinski definition) is 4. The lowest BCUT2D eigenvalue weighted by atomic mass is 9.93. The van der Waals surface area contributed by atoms with E-state index in [2.05, 4.69) is 9.97 Å². The molecular formula is C15H16FN3S. The maximum atomic E-state index is 13.5. The highest BCUT2D eigenvalue weighted by atomic mass is 32.2. The lowest BCUT2D eigenvalue weighted by Crippen LogP contribution is -2.19. The summed E-state index contributed by atoms with van der Waals surface area (Å²) < 4.78 is 13.5. The second-order valence-electron chi connectivity index (χ2n) is 4.91. The third-order valence-corrected chi connectivity index (χ3v) is 4.52. The molecule has 2 N–H and O–H groups in total. The molecule has 1 aromatic heterocycles. The van der Waals surface area contributed by atoms with Gasteiger partial charge in [0, 0.05) is 28.4 Å². The van der Waals surface area contributed by atoms with Gasteiger partial charge in [-0.3, -0.25) is 0 Å². The lowest BCUT2D eigenvalue weighted by molar-refractivity contribution is 0.554. The van der Waals surface area contributed by atoms with E-state index in [-0.39, 0.29) is 11.9 Å². The zero-order valence-electron chi connectivity index (χ0n) is 11.1. The molecule has 0 amide bonds. The molecule has 5 heteroatoms. The summed E-state index contributed by atoms with van der Waals surface area (Å²) in [5.74, 6) is 1.12.